The van der Waals surface area contributed by atoms with Crippen LogP contribution in [-0.4, -0.2) is 5.78 Å². The van der Waals surface area contributed by atoms with Gasteiger partial charge in [-0.25, -0.2) is 8.78 Å². The van der Waals surface area contributed by atoms with E-state index < -0.39 is 11.6 Å². The lowest BCUT2D eigenvalue weighted by Gasteiger charge is -2.07. The van der Waals surface area contributed by atoms with E-state index in [-0.39, 0.29) is 23.7 Å². The molecule has 0 saturated heterocycles. The van der Waals surface area contributed by atoms with E-state index in [0.29, 0.717) is 5.56 Å². The number of nitrogens with zero attached hydrogens (tertiary/aromatic N) is 1. The molecule has 0 bridgehead atoms. The molecule has 0 fully saturated rings. The van der Waals surface area contributed by atoms with Crippen molar-refractivity contribution in [1.82, 2.24) is 0 Å². The zero-order valence-electron chi connectivity index (χ0n) is 10.3. The number of carbonyl (C=O) groups is 1. The number of ether oxygens (including phenoxy) is 1. The van der Waals surface area contributed by atoms with Gasteiger partial charge >= 0.3 is 0 Å². The molecule has 0 aliphatic rings. The summed E-state index contributed by atoms with van der Waals surface area (Å²) in [6, 6.07) is 10.5. The molecule has 0 aliphatic heterocycles. The molecule has 0 N–H and O–H groups in total. The Hall–Kier alpha value is -2.74. The molecule has 3 nitrogen and oxygen atoms in total. The number of halogens is 2. The second kappa shape index (κ2) is 5.93. The summed E-state index contributed by atoms with van der Waals surface area (Å²) in [5.41, 5.74) is 0.360. The molecule has 100 valence electrons. The van der Waals surface area contributed by atoms with Crippen molar-refractivity contribution in [2.45, 2.75) is 6.42 Å². The van der Waals surface area contributed by atoms with Crippen LogP contribution in [0.25, 0.3) is 0 Å². The van der Waals surface area contributed by atoms with Gasteiger partial charge < -0.3 is 4.74 Å². The van der Waals surface area contributed by atoms with Gasteiger partial charge in [-0.2, -0.15) is 5.26 Å². The van der Waals surface area contributed by atoms with Crippen molar-refractivity contribution >= 4 is 5.78 Å². The van der Waals surface area contributed by atoms with Gasteiger partial charge in [0.25, 0.3) is 0 Å². The number of carbonyl (C=O) groups excluding carboxylic acids is 1. The fourth-order valence-electron chi connectivity index (χ4n) is 1.57. The number of benzene rings is 2. The van der Waals surface area contributed by atoms with Crippen LogP contribution in [-0.2, 0) is 0 Å². The summed E-state index contributed by atoms with van der Waals surface area (Å²) in [5, 5.41) is 8.43. The molecule has 2 rings (SSSR count). The van der Waals surface area contributed by atoms with E-state index >= 15 is 0 Å². The standard InChI is InChI=1S/C15H9F2NO2/c16-11-3-6-13(17)15(9-11)20-12-4-1-10(2-5-12)14(19)7-8-18/h1-6,9H,7H2. The number of ketones is 1. The van der Waals surface area contributed by atoms with Crippen molar-refractivity contribution in [3.63, 3.8) is 0 Å². The number of hydrogen-bond acceptors (Lipinski definition) is 3. The minimum Gasteiger partial charge on any atom is -0.454 e. The smallest absolute Gasteiger partial charge is 0.176 e. The summed E-state index contributed by atoms with van der Waals surface area (Å²) in [4.78, 5) is 11.4. The predicted octanol–water partition coefficient (Wildman–Crippen LogP) is 3.85. The predicted molar refractivity (Wildman–Crippen MR) is 67.4 cm³/mol. The summed E-state index contributed by atoms with van der Waals surface area (Å²) in [6.07, 6.45) is -0.210. The van der Waals surface area contributed by atoms with Gasteiger partial charge in [0.2, 0.25) is 0 Å². The van der Waals surface area contributed by atoms with Crippen LogP contribution in [0.4, 0.5) is 8.78 Å². The minimum absolute atomic E-state index is 0.210. The number of hydrogen-bond donors (Lipinski definition) is 0. The number of nitriles is 1. The molecular weight excluding hydrogens is 264 g/mol. The van der Waals surface area contributed by atoms with Crippen LogP contribution in [0.1, 0.15) is 16.8 Å². The van der Waals surface area contributed by atoms with Crippen LogP contribution < -0.4 is 4.74 Å². The highest BCUT2D eigenvalue weighted by molar-refractivity contribution is 5.97. The fourth-order valence-corrected chi connectivity index (χ4v) is 1.57. The first-order valence-electron chi connectivity index (χ1n) is 5.73. The Morgan fingerprint density at radius 3 is 2.50 bits per heavy atom. The van der Waals surface area contributed by atoms with Gasteiger partial charge in [-0.3, -0.25) is 4.79 Å². The van der Waals surface area contributed by atoms with Crippen LogP contribution in [0.5, 0.6) is 11.5 Å². The van der Waals surface area contributed by atoms with Gasteiger partial charge in [0.05, 0.1) is 12.5 Å². The lowest BCUT2D eigenvalue weighted by Crippen LogP contribution is -1.97. The average molecular weight is 273 g/mol. The second-order valence-electron chi connectivity index (χ2n) is 3.96. The summed E-state index contributed by atoms with van der Waals surface area (Å²) in [7, 11) is 0. The molecule has 2 aromatic rings. The lowest BCUT2D eigenvalue weighted by molar-refractivity contribution is 0.0997. The van der Waals surface area contributed by atoms with Gasteiger partial charge in [-0.05, 0) is 36.4 Å². The lowest BCUT2D eigenvalue weighted by atomic mass is 10.1. The second-order valence-corrected chi connectivity index (χ2v) is 3.96. The van der Waals surface area contributed by atoms with Crippen LogP contribution in [0, 0.1) is 23.0 Å². The molecular formula is C15H9F2NO2. The third-order valence-corrected chi connectivity index (χ3v) is 2.54. The fraction of sp³-hybridized carbons (Fsp3) is 0.0667. The molecule has 2 aromatic carbocycles. The quantitative estimate of drug-likeness (QED) is 0.795. The molecule has 0 amide bonds. The monoisotopic (exact) mass is 273 g/mol. The Labute approximate surface area is 114 Å². The first-order chi connectivity index (χ1) is 9.60. The maximum absolute atomic E-state index is 13.4. The average Bonchev–Trinajstić information content (AvgIpc) is 2.44. The summed E-state index contributed by atoms with van der Waals surface area (Å²) >= 11 is 0. The van der Waals surface area contributed by atoms with Crippen molar-refractivity contribution in [2.24, 2.45) is 0 Å². The summed E-state index contributed by atoms with van der Waals surface area (Å²) in [5.74, 6) is -1.57. The van der Waals surface area contributed by atoms with Crippen LogP contribution >= 0.6 is 0 Å². The molecule has 0 atom stereocenters. The summed E-state index contributed by atoms with van der Waals surface area (Å²) in [6.45, 7) is 0. The minimum atomic E-state index is -0.684. The highest BCUT2D eigenvalue weighted by Gasteiger charge is 2.08. The van der Waals surface area contributed by atoms with Gasteiger partial charge in [-0.15, -0.1) is 0 Å². The SMILES string of the molecule is N#CCC(=O)c1ccc(Oc2cc(F)ccc2F)cc1. The molecule has 0 saturated carbocycles. The zero-order valence-corrected chi connectivity index (χ0v) is 10.3. The molecule has 0 unspecified atom stereocenters. The maximum Gasteiger partial charge on any atom is 0.176 e. The van der Waals surface area contributed by atoms with E-state index in [4.69, 9.17) is 10.00 Å². The van der Waals surface area contributed by atoms with Crippen LogP contribution in [0.3, 0.4) is 0 Å². The topological polar surface area (TPSA) is 50.1 Å². The van der Waals surface area contributed by atoms with Crippen molar-refractivity contribution < 1.29 is 18.3 Å². The van der Waals surface area contributed by atoms with Gasteiger partial charge in [0, 0.05) is 11.6 Å². The van der Waals surface area contributed by atoms with Gasteiger partial charge in [0.15, 0.2) is 17.3 Å². The largest absolute Gasteiger partial charge is 0.454 e. The van der Waals surface area contributed by atoms with E-state index in [2.05, 4.69) is 0 Å². The molecule has 5 heteroatoms. The van der Waals surface area contributed by atoms with Crippen molar-refractivity contribution in [3.8, 4) is 17.6 Å². The Kier molecular flexibility index (Phi) is 4.06. The third kappa shape index (κ3) is 3.18. The highest BCUT2D eigenvalue weighted by Crippen LogP contribution is 2.25. The van der Waals surface area contributed by atoms with Crippen LogP contribution in [0.2, 0.25) is 0 Å². The Morgan fingerprint density at radius 1 is 1.15 bits per heavy atom. The Bertz CT molecular complexity index is 675. The molecule has 0 radical (unpaired) electrons. The zero-order chi connectivity index (χ0) is 14.5. The first kappa shape index (κ1) is 13.7. The van der Waals surface area contributed by atoms with Gasteiger partial charge in [0.1, 0.15) is 11.6 Å². The summed E-state index contributed by atoms with van der Waals surface area (Å²) < 4.78 is 31.6. The van der Waals surface area contributed by atoms with E-state index in [1.54, 1.807) is 6.07 Å². The van der Waals surface area contributed by atoms with E-state index in [9.17, 15) is 13.6 Å². The van der Waals surface area contributed by atoms with E-state index in [1.807, 2.05) is 0 Å². The molecule has 0 heterocycles. The van der Waals surface area contributed by atoms with Crippen LogP contribution in [0.15, 0.2) is 42.5 Å². The Morgan fingerprint density at radius 2 is 1.85 bits per heavy atom. The van der Waals surface area contributed by atoms with E-state index in [1.165, 1.54) is 24.3 Å². The normalized spacial score (nSPS) is 9.85. The third-order valence-electron chi connectivity index (χ3n) is 2.54. The highest BCUT2D eigenvalue weighted by atomic mass is 19.1. The Balaban J connectivity index is 2.17. The van der Waals surface area contributed by atoms with Gasteiger partial charge in [-0.1, -0.05) is 0 Å². The maximum atomic E-state index is 13.4. The number of rotatable bonds is 4. The molecule has 0 aliphatic carbocycles. The molecule has 0 aromatic heterocycles. The van der Waals surface area contributed by atoms with Crippen molar-refractivity contribution in [1.29, 1.82) is 5.26 Å². The van der Waals surface area contributed by atoms with Crippen molar-refractivity contribution in [2.75, 3.05) is 0 Å². The number of Topliss-reactive ketones (excluding diaryl/α,β-unsaturated/α-hetero) is 1. The first-order valence-corrected chi connectivity index (χ1v) is 5.73. The van der Waals surface area contributed by atoms with Crippen molar-refractivity contribution in [3.05, 3.63) is 59.7 Å². The molecule has 0 spiro atoms. The molecule has 20 heavy (non-hydrogen) atoms. The van der Waals surface area contributed by atoms with E-state index in [0.717, 1.165) is 18.2 Å².